The third kappa shape index (κ3) is 7.84. The molecule has 0 unspecified atom stereocenters. The van der Waals surface area contributed by atoms with Crippen LogP contribution in [0, 0.1) is 29.2 Å². The van der Waals surface area contributed by atoms with Gasteiger partial charge >= 0.3 is 0 Å². The molecule has 1 saturated carbocycles. The first-order valence-electron chi connectivity index (χ1n) is 14.5. The predicted octanol–water partition coefficient (Wildman–Crippen LogP) is 9.79. The van der Waals surface area contributed by atoms with Crippen LogP contribution in [0.2, 0.25) is 0 Å². The Morgan fingerprint density at radius 2 is 1.39 bits per heavy atom. The first-order valence-corrected chi connectivity index (χ1v) is 14.5. The lowest BCUT2D eigenvalue weighted by molar-refractivity contribution is 0.190. The number of ether oxygens (including phenoxy) is 3. The maximum absolute atomic E-state index is 15.2. The van der Waals surface area contributed by atoms with Crippen LogP contribution < -0.4 is 14.2 Å². The highest BCUT2D eigenvalue weighted by Crippen LogP contribution is 2.39. The third-order valence-electron chi connectivity index (χ3n) is 7.63. The van der Waals surface area contributed by atoms with Crippen LogP contribution in [-0.2, 0) is 0 Å². The zero-order valence-electron chi connectivity index (χ0n) is 23.6. The Labute approximate surface area is 240 Å². The minimum atomic E-state index is -1.07. The second-order valence-electron chi connectivity index (χ2n) is 10.6. The number of hydrogen-bond donors (Lipinski definition) is 0. The highest BCUT2D eigenvalue weighted by molar-refractivity contribution is 5.65. The molecule has 0 heterocycles. The maximum Gasteiger partial charge on any atom is 0.204 e. The first kappa shape index (κ1) is 30.5. The highest BCUT2D eigenvalue weighted by atomic mass is 19.2. The van der Waals surface area contributed by atoms with Gasteiger partial charge in [0, 0.05) is 5.56 Å². The van der Waals surface area contributed by atoms with Crippen LogP contribution in [0.4, 0.5) is 17.6 Å². The molecular formula is C34H38F4O3. The van der Waals surface area contributed by atoms with Crippen molar-refractivity contribution in [3.8, 4) is 28.4 Å². The van der Waals surface area contributed by atoms with E-state index >= 15 is 8.78 Å². The van der Waals surface area contributed by atoms with E-state index < -0.39 is 23.3 Å². The summed E-state index contributed by atoms with van der Waals surface area (Å²) in [6, 6.07) is 13.1. The summed E-state index contributed by atoms with van der Waals surface area (Å²) < 4.78 is 75.8. The Kier molecular flexibility index (Phi) is 11.1. The molecule has 0 atom stereocenters. The number of unbranched alkanes of at least 4 members (excludes halogenated alkanes) is 2. The topological polar surface area (TPSA) is 27.7 Å². The van der Waals surface area contributed by atoms with Gasteiger partial charge in [-0.3, -0.25) is 0 Å². The first-order chi connectivity index (χ1) is 19.9. The Balaban J connectivity index is 1.31. The van der Waals surface area contributed by atoms with Crippen LogP contribution in [0.1, 0.15) is 69.8 Å². The van der Waals surface area contributed by atoms with E-state index in [1.807, 2.05) is 0 Å². The average Bonchev–Trinajstić information content (AvgIpc) is 2.99. The van der Waals surface area contributed by atoms with Crippen LogP contribution in [0.25, 0.3) is 11.1 Å². The molecular weight excluding hydrogens is 532 g/mol. The monoisotopic (exact) mass is 570 g/mol. The molecule has 0 amide bonds. The molecule has 3 aromatic carbocycles. The molecule has 1 aliphatic rings. The summed E-state index contributed by atoms with van der Waals surface area (Å²) >= 11 is 0. The molecule has 1 fully saturated rings. The quantitative estimate of drug-likeness (QED) is 0.110. The van der Waals surface area contributed by atoms with Gasteiger partial charge < -0.3 is 14.2 Å². The van der Waals surface area contributed by atoms with Gasteiger partial charge in [0.1, 0.15) is 5.75 Å². The molecule has 3 nitrogen and oxygen atoms in total. The molecule has 3 aromatic rings. The number of allylic oxidation sites excluding steroid dienone is 1. The summed E-state index contributed by atoms with van der Waals surface area (Å²) in [5.74, 6) is -3.41. The van der Waals surface area contributed by atoms with Crippen molar-refractivity contribution in [2.24, 2.45) is 5.92 Å². The van der Waals surface area contributed by atoms with E-state index in [2.05, 4.69) is 13.5 Å². The molecule has 0 spiro atoms. The molecule has 0 saturated heterocycles. The number of rotatable bonds is 14. The van der Waals surface area contributed by atoms with E-state index in [0.29, 0.717) is 55.6 Å². The minimum absolute atomic E-state index is 0.105. The highest BCUT2D eigenvalue weighted by Gasteiger charge is 2.27. The zero-order valence-corrected chi connectivity index (χ0v) is 23.6. The van der Waals surface area contributed by atoms with Gasteiger partial charge in [0.15, 0.2) is 23.1 Å². The Bertz CT molecular complexity index is 1280. The Morgan fingerprint density at radius 3 is 2.05 bits per heavy atom. The van der Waals surface area contributed by atoms with Gasteiger partial charge in [-0.25, -0.2) is 8.78 Å². The van der Waals surface area contributed by atoms with Crippen molar-refractivity contribution in [2.45, 2.75) is 64.2 Å². The van der Waals surface area contributed by atoms with Crippen molar-refractivity contribution in [1.29, 1.82) is 0 Å². The van der Waals surface area contributed by atoms with Crippen molar-refractivity contribution in [3.63, 3.8) is 0 Å². The van der Waals surface area contributed by atoms with Crippen molar-refractivity contribution < 1.29 is 31.8 Å². The smallest absolute Gasteiger partial charge is 0.204 e. The van der Waals surface area contributed by atoms with E-state index in [-0.39, 0.29) is 42.1 Å². The third-order valence-corrected chi connectivity index (χ3v) is 7.63. The average molecular weight is 571 g/mol. The van der Waals surface area contributed by atoms with Crippen molar-refractivity contribution >= 4 is 0 Å². The van der Waals surface area contributed by atoms with Gasteiger partial charge in [0.05, 0.1) is 19.8 Å². The lowest BCUT2D eigenvalue weighted by atomic mass is 9.78. The van der Waals surface area contributed by atoms with Crippen molar-refractivity contribution in [3.05, 3.63) is 90.0 Å². The summed E-state index contributed by atoms with van der Waals surface area (Å²) in [7, 11) is 0. The van der Waals surface area contributed by atoms with E-state index in [0.717, 1.165) is 19.3 Å². The van der Waals surface area contributed by atoms with E-state index in [1.54, 1.807) is 42.5 Å². The van der Waals surface area contributed by atoms with Crippen molar-refractivity contribution in [1.82, 2.24) is 0 Å². The summed E-state index contributed by atoms with van der Waals surface area (Å²) in [4.78, 5) is 0. The molecule has 41 heavy (non-hydrogen) atoms. The minimum Gasteiger partial charge on any atom is -0.494 e. The molecule has 1 aliphatic carbocycles. The second-order valence-corrected chi connectivity index (χ2v) is 10.6. The van der Waals surface area contributed by atoms with Crippen LogP contribution >= 0.6 is 0 Å². The summed E-state index contributed by atoms with van der Waals surface area (Å²) in [6.45, 7) is 6.81. The Hall–Kier alpha value is -3.48. The maximum atomic E-state index is 15.2. The Morgan fingerprint density at radius 1 is 0.732 bits per heavy atom. The van der Waals surface area contributed by atoms with E-state index in [9.17, 15) is 8.78 Å². The number of halogens is 4. The van der Waals surface area contributed by atoms with Gasteiger partial charge in [-0.1, -0.05) is 43.7 Å². The lowest BCUT2D eigenvalue weighted by Gasteiger charge is -2.29. The molecule has 0 radical (unpaired) electrons. The van der Waals surface area contributed by atoms with Gasteiger partial charge in [0.25, 0.3) is 0 Å². The summed E-state index contributed by atoms with van der Waals surface area (Å²) in [5, 5.41) is 0. The van der Waals surface area contributed by atoms with Crippen LogP contribution in [0.15, 0.2) is 61.2 Å². The van der Waals surface area contributed by atoms with Crippen molar-refractivity contribution in [2.75, 3.05) is 19.8 Å². The van der Waals surface area contributed by atoms with E-state index in [1.165, 1.54) is 12.1 Å². The summed E-state index contributed by atoms with van der Waals surface area (Å²) in [6.07, 6.45) is 7.85. The van der Waals surface area contributed by atoms with Gasteiger partial charge in [-0.15, -0.1) is 6.58 Å². The fourth-order valence-corrected chi connectivity index (χ4v) is 5.16. The van der Waals surface area contributed by atoms with Crippen LogP contribution in [0.3, 0.4) is 0 Å². The molecule has 0 aromatic heterocycles. The zero-order chi connectivity index (χ0) is 29.2. The molecule has 0 N–H and O–H groups in total. The molecule has 220 valence electrons. The largest absolute Gasteiger partial charge is 0.494 e. The normalized spacial score (nSPS) is 16.8. The molecule has 4 rings (SSSR count). The van der Waals surface area contributed by atoms with Crippen LogP contribution in [0.5, 0.6) is 17.2 Å². The second kappa shape index (κ2) is 14.9. The molecule has 0 bridgehead atoms. The van der Waals surface area contributed by atoms with Crippen LogP contribution in [-0.4, -0.2) is 19.8 Å². The molecule has 7 heteroatoms. The predicted molar refractivity (Wildman–Crippen MR) is 154 cm³/mol. The standard InChI is InChI=1S/C34H38F4O3/c1-3-5-7-21-40-29-18-19-30(34(38)33(29)37)41-22-23-8-10-24(11-9-23)27-16-17-28(32(36)31(27)35)25-12-14-26(15-13-25)39-20-6-4-2/h3,12-19,23-24H,1,4-11,20-22H2,2H3. The van der Waals surface area contributed by atoms with Gasteiger partial charge in [-0.2, -0.15) is 8.78 Å². The number of benzene rings is 3. The lowest BCUT2D eigenvalue weighted by Crippen LogP contribution is -2.20. The van der Waals surface area contributed by atoms with E-state index in [4.69, 9.17) is 14.2 Å². The number of hydrogen-bond acceptors (Lipinski definition) is 3. The molecule has 0 aliphatic heterocycles. The fourth-order valence-electron chi connectivity index (χ4n) is 5.16. The SMILES string of the molecule is C=CCCCOc1ccc(OCC2CCC(c3ccc(-c4ccc(OCCCC)cc4)c(F)c3F)CC2)c(F)c1F. The van der Waals surface area contributed by atoms with Gasteiger partial charge in [0.2, 0.25) is 11.6 Å². The van der Waals surface area contributed by atoms with Gasteiger partial charge in [-0.05, 0) is 92.2 Å². The summed E-state index contributed by atoms with van der Waals surface area (Å²) in [5.41, 5.74) is 1.19. The fraction of sp³-hybridized carbons (Fsp3) is 0.412.